The van der Waals surface area contributed by atoms with Crippen LogP contribution in [0.2, 0.25) is 0 Å². The van der Waals surface area contributed by atoms with Crippen molar-refractivity contribution in [2.24, 2.45) is 0 Å². The Kier molecular flexibility index (Phi) is 6.84. The predicted octanol–water partition coefficient (Wildman–Crippen LogP) is 0.675. The molecule has 0 radical (unpaired) electrons. The van der Waals surface area contributed by atoms with Crippen LogP contribution in [0.4, 0.5) is 4.79 Å². The molecule has 7 heteroatoms. The van der Waals surface area contributed by atoms with E-state index in [0.717, 1.165) is 22.4 Å². The van der Waals surface area contributed by atoms with Crippen LogP contribution in [0.1, 0.15) is 24.5 Å². The van der Waals surface area contributed by atoms with E-state index in [1.165, 1.54) is 4.90 Å². The fourth-order valence-electron chi connectivity index (χ4n) is 3.74. The van der Waals surface area contributed by atoms with Crippen LogP contribution in [0.3, 0.4) is 0 Å². The maximum absolute atomic E-state index is 13.6. The third-order valence-corrected chi connectivity index (χ3v) is 5.22. The van der Waals surface area contributed by atoms with Crippen molar-refractivity contribution in [1.82, 2.24) is 15.5 Å². The standard InChI is InChI=1S/C23H28N4O3/c1-3-14-24-20(28)16-26(2)17-27-21(29)23(25-22(27)30,19-12-8-5-9-13-19)15-18-10-6-4-7-11-18/h4-13H,3,14-17H2,1-2H3,(H,24,28)(H,25,30)/p+1/t23-/m0/s1. The Labute approximate surface area is 177 Å². The van der Waals surface area contributed by atoms with Gasteiger partial charge in [-0.2, -0.15) is 0 Å². The van der Waals surface area contributed by atoms with E-state index >= 15 is 0 Å². The van der Waals surface area contributed by atoms with Crippen LogP contribution < -0.4 is 15.5 Å². The highest BCUT2D eigenvalue weighted by atomic mass is 16.2. The van der Waals surface area contributed by atoms with Crippen molar-refractivity contribution in [2.75, 3.05) is 26.8 Å². The molecule has 1 heterocycles. The third-order valence-electron chi connectivity index (χ3n) is 5.22. The number of nitrogens with zero attached hydrogens (tertiary/aromatic N) is 1. The number of benzene rings is 2. The van der Waals surface area contributed by atoms with Gasteiger partial charge in [-0.15, -0.1) is 0 Å². The fraction of sp³-hybridized carbons (Fsp3) is 0.348. The minimum absolute atomic E-state index is 0.0972. The van der Waals surface area contributed by atoms with E-state index in [1.807, 2.05) is 67.6 Å². The quantitative estimate of drug-likeness (QED) is 0.533. The molecular weight excluding hydrogens is 380 g/mol. The number of carbonyl (C=O) groups excluding carboxylic acids is 3. The van der Waals surface area contributed by atoms with Gasteiger partial charge < -0.3 is 15.5 Å². The number of likely N-dealkylation sites (N-methyl/N-ethyl adjacent to an activating group) is 1. The van der Waals surface area contributed by atoms with Gasteiger partial charge >= 0.3 is 6.03 Å². The lowest BCUT2D eigenvalue weighted by molar-refractivity contribution is -0.879. The molecule has 2 aromatic rings. The maximum atomic E-state index is 13.6. The Morgan fingerprint density at radius 1 is 1.07 bits per heavy atom. The second kappa shape index (κ2) is 9.54. The van der Waals surface area contributed by atoms with E-state index < -0.39 is 11.6 Å². The average molecular weight is 410 g/mol. The summed E-state index contributed by atoms with van der Waals surface area (Å²) in [6.07, 6.45) is 1.21. The van der Waals surface area contributed by atoms with Crippen LogP contribution >= 0.6 is 0 Å². The largest absolute Gasteiger partial charge is 0.351 e. The molecule has 0 bridgehead atoms. The van der Waals surface area contributed by atoms with Crippen molar-refractivity contribution < 1.29 is 19.3 Å². The van der Waals surface area contributed by atoms with Gasteiger partial charge in [-0.1, -0.05) is 67.6 Å². The topological polar surface area (TPSA) is 82.9 Å². The molecule has 30 heavy (non-hydrogen) atoms. The zero-order valence-corrected chi connectivity index (χ0v) is 17.5. The average Bonchev–Trinajstić information content (AvgIpc) is 2.98. The number of imide groups is 1. The Morgan fingerprint density at radius 3 is 2.33 bits per heavy atom. The van der Waals surface area contributed by atoms with E-state index in [9.17, 15) is 14.4 Å². The Balaban J connectivity index is 1.82. The van der Waals surface area contributed by atoms with Crippen LogP contribution in [-0.4, -0.2) is 49.6 Å². The predicted molar refractivity (Wildman–Crippen MR) is 114 cm³/mol. The Hall–Kier alpha value is -3.19. The number of rotatable bonds is 9. The van der Waals surface area contributed by atoms with Gasteiger partial charge in [0.1, 0.15) is 0 Å². The molecule has 3 rings (SSSR count). The molecule has 1 aliphatic heterocycles. The number of hydrogen-bond donors (Lipinski definition) is 3. The van der Waals surface area contributed by atoms with Crippen molar-refractivity contribution in [3.8, 4) is 0 Å². The van der Waals surface area contributed by atoms with Crippen LogP contribution in [0.15, 0.2) is 60.7 Å². The number of hydrogen-bond acceptors (Lipinski definition) is 3. The fourth-order valence-corrected chi connectivity index (χ4v) is 3.74. The highest BCUT2D eigenvalue weighted by Gasteiger charge is 2.53. The van der Waals surface area contributed by atoms with E-state index in [2.05, 4.69) is 10.6 Å². The van der Waals surface area contributed by atoms with Gasteiger partial charge in [0.2, 0.25) is 0 Å². The lowest BCUT2D eigenvalue weighted by atomic mass is 9.83. The first kappa shape index (κ1) is 21.5. The Morgan fingerprint density at radius 2 is 1.70 bits per heavy atom. The van der Waals surface area contributed by atoms with Crippen molar-refractivity contribution in [2.45, 2.75) is 25.3 Å². The number of carbonyl (C=O) groups is 3. The zero-order valence-electron chi connectivity index (χ0n) is 17.5. The molecule has 3 N–H and O–H groups in total. The van der Waals surface area contributed by atoms with Gasteiger partial charge in [-0.25, -0.2) is 9.69 Å². The van der Waals surface area contributed by atoms with Crippen molar-refractivity contribution in [3.63, 3.8) is 0 Å². The van der Waals surface area contributed by atoms with E-state index in [-0.39, 0.29) is 25.0 Å². The third kappa shape index (κ3) is 4.68. The van der Waals surface area contributed by atoms with E-state index in [0.29, 0.717) is 13.0 Å². The molecule has 2 aromatic carbocycles. The van der Waals surface area contributed by atoms with Crippen LogP contribution in [0.5, 0.6) is 0 Å². The number of amides is 4. The van der Waals surface area contributed by atoms with Gasteiger partial charge in [0.15, 0.2) is 18.8 Å². The van der Waals surface area contributed by atoms with E-state index in [1.54, 1.807) is 7.05 Å². The molecule has 1 saturated heterocycles. The first-order valence-electron chi connectivity index (χ1n) is 10.3. The summed E-state index contributed by atoms with van der Waals surface area (Å²) in [5.74, 6) is -0.393. The molecule has 1 fully saturated rings. The van der Waals surface area contributed by atoms with Crippen LogP contribution in [-0.2, 0) is 21.5 Å². The maximum Gasteiger partial charge on any atom is 0.329 e. The summed E-state index contributed by atoms with van der Waals surface area (Å²) in [4.78, 5) is 40.4. The van der Waals surface area contributed by atoms with Gasteiger partial charge in [-0.05, 0) is 17.5 Å². The van der Waals surface area contributed by atoms with Gasteiger partial charge in [0.25, 0.3) is 11.8 Å². The molecule has 1 unspecified atom stereocenters. The Bertz CT molecular complexity index is 888. The summed E-state index contributed by atoms with van der Waals surface area (Å²) in [6.45, 7) is 2.91. The molecular formula is C23H29N4O3+. The molecule has 0 aromatic heterocycles. The van der Waals surface area contributed by atoms with Crippen molar-refractivity contribution in [3.05, 3.63) is 71.8 Å². The van der Waals surface area contributed by atoms with Crippen LogP contribution in [0.25, 0.3) is 0 Å². The van der Waals surface area contributed by atoms with Gasteiger partial charge in [0.05, 0.1) is 7.05 Å². The molecule has 4 amide bonds. The summed E-state index contributed by atoms with van der Waals surface area (Å²) in [6, 6.07) is 18.5. The molecule has 2 atom stereocenters. The first-order valence-corrected chi connectivity index (χ1v) is 10.3. The molecule has 0 aliphatic carbocycles. The van der Waals surface area contributed by atoms with Crippen molar-refractivity contribution >= 4 is 17.8 Å². The normalized spacial score (nSPS) is 19.5. The highest BCUT2D eigenvalue weighted by Crippen LogP contribution is 2.32. The molecule has 0 spiro atoms. The minimum atomic E-state index is -1.16. The second-order valence-corrected chi connectivity index (χ2v) is 7.74. The van der Waals surface area contributed by atoms with Crippen LogP contribution in [0, 0.1) is 0 Å². The van der Waals surface area contributed by atoms with Gasteiger partial charge in [0, 0.05) is 13.0 Å². The molecule has 7 nitrogen and oxygen atoms in total. The molecule has 158 valence electrons. The highest BCUT2D eigenvalue weighted by molar-refractivity contribution is 6.07. The lowest BCUT2D eigenvalue weighted by Gasteiger charge is -2.28. The summed E-state index contributed by atoms with van der Waals surface area (Å²) in [5.41, 5.74) is 0.536. The number of quaternary nitrogens is 1. The number of nitrogens with one attached hydrogen (secondary N) is 3. The molecule has 0 saturated carbocycles. The summed E-state index contributed by atoms with van der Waals surface area (Å²) in [5, 5.41) is 5.77. The lowest BCUT2D eigenvalue weighted by Crippen LogP contribution is -3.12. The second-order valence-electron chi connectivity index (χ2n) is 7.74. The summed E-state index contributed by atoms with van der Waals surface area (Å²) >= 11 is 0. The SMILES string of the molecule is CCCNC(=O)C[NH+](C)CN1C(=O)N[C@@](Cc2ccccc2)(c2ccccc2)C1=O. The van der Waals surface area contributed by atoms with Gasteiger partial charge in [-0.3, -0.25) is 9.59 Å². The minimum Gasteiger partial charge on any atom is -0.351 e. The molecule has 1 aliphatic rings. The monoisotopic (exact) mass is 409 g/mol. The number of urea groups is 1. The smallest absolute Gasteiger partial charge is 0.329 e. The summed E-state index contributed by atoms with van der Waals surface area (Å²) in [7, 11) is 1.80. The van der Waals surface area contributed by atoms with E-state index in [4.69, 9.17) is 0 Å². The first-order chi connectivity index (χ1) is 14.5. The summed E-state index contributed by atoms with van der Waals surface area (Å²) < 4.78 is 0. The zero-order chi connectivity index (χ0) is 21.6. The van der Waals surface area contributed by atoms with Crippen molar-refractivity contribution in [1.29, 1.82) is 0 Å².